The van der Waals surface area contributed by atoms with Gasteiger partial charge in [-0.25, -0.2) is 4.39 Å². The fourth-order valence-electron chi connectivity index (χ4n) is 2.63. The van der Waals surface area contributed by atoms with Crippen LogP contribution in [0, 0.1) is 5.82 Å². The first kappa shape index (κ1) is 11.5. The van der Waals surface area contributed by atoms with Crippen LogP contribution in [0.1, 0.15) is 12.5 Å². The predicted octanol–water partition coefficient (Wildman–Crippen LogP) is 4.15. The predicted molar refractivity (Wildman–Crippen MR) is 81.0 cm³/mol. The number of benzene rings is 1. The quantitative estimate of drug-likeness (QED) is 0.784. The molecule has 3 heterocycles. The van der Waals surface area contributed by atoms with Crippen molar-refractivity contribution in [1.82, 2.24) is 4.90 Å². The van der Waals surface area contributed by atoms with Gasteiger partial charge in [0.25, 0.3) is 0 Å². The Kier molecular flexibility index (Phi) is 2.47. The number of allylic oxidation sites excluding steroid dienone is 1. The van der Waals surface area contributed by atoms with Crippen LogP contribution in [0.15, 0.2) is 33.5 Å². The molecule has 0 radical (unpaired) electrons. The molecule has 5 heteroatoms. The lowest BCUT2D eigenvalue weighted by Crippen LogP contribution is -2.20. The Balaban J connectivity index is 1.90. The van der Waals surface area contributed by atoms with E-state index in [4.69, 9.17) is 0 Å². The Labute approximate surface area is 118 Å². The molecule has 19 heavy (non-hydrogen) atoms. The van der Waals surface area contributed by atoms with E-state index < -0.39 is 0 Å². The van der Waals surface area contributed by atoms with Crippen molar-refractivity contribution < 1.29 is 4.39 Å². The average molecular weight is 290 g/mol. The number of hydrogen-bond donors (Lipinski definition) is 0. The molecule has 2 aliphatic heterocycles. The second-order valence-corrected chi connectivity index (χ2v) is 6.72. The number of hydrogen-bond acceptors (Lipinski definition) is 4. The third kappa shape index (κ3) is 1.65. The summed E-state index contributed by atoms with van der Waals surface area (Å²) in [5, 5.41) is 3.97. The summed E-state index contributed by atoms with van der Waals surface area (Å²) in [7, 11) is 0. The van der Waals surface area contributed by atoms with Crippen molar-refractivity contribution in [3.05, 3.63) is 39.9 Å². The van der Waals surface area contributed by atoms with Crippen LogP contribution >= 0.6 is 23.1 Å². The highest BCUT2D eigenvalue weighted by Gasteiger charge is 2.31. The Hall–Kier alpha value is -1.33. The van der Waals surface area contributed by atoms with E-state index in [1.807, 2.05) is 11.4 Å². The summed E-state index contributed by atoms with van der Waals surface area (Å²) < 4.78 is 14.9. The molecule has 4 rings (SSSR count). The standard InChI is InChI=1S/C14H11FN2S2/c1-8-12(17-4-3-16-14(17)19-8)10-6-9-2-5-18-13(9)11(15)7-10/h2,5-7H,3-4H2,1H3. The molecular weight excluding hydrogens is 279 g/mol. The Bertz CT molecular complexity index is 745. The van der Waals surface area contributed by atoms with Gasteiger partial charge in [-0.05, 0) is 35.9 Å². The van der Waals surface area contributed by atoms with Gasteiger partial charge in [0.1, 0.15) is 5.82 Å². The molecule has 0 bridgehead atoms. The molecule has 0 unspecified atom stereocenters. The average Bonchev–Trinajstić information content (AvgIpc) is 3.02. The van der Waals surface area contributed by atoms with E-state index in [1.165, 1.54) is 16.2 Å². The fourth-order valence-corrected chi connectivity index (χ4v) is 4.46. The van der Waals surface area contributed by atoms with Gasteiger partial charge in [-0.2, -0.15) is 0 Å². The van der Waals surface area contributed by atoms with Gasteiger partial charge in [-0.3, -0.25) is 4.99 Å². The highest BCUT2D eigenvalue weighted by atomic mass is 32.2. The van der Waals surface area contributed by atoms with Gasteiger partial charge in [0.2, 0.25) is 0 Å². The van der Waals surface area contributed by atoms with E-state index in [9.17, 15) is 4.39 Å². The van der Waals surface area contributed by atoms with Gasteiger partial charge in [0, 0.05) is 17.0 Å². The minimum absolute atomic E-state index is 0.127. The number of amidine groups is 1. The van der Waals surface area contributed by atoms with Crippen LogP contribution in [0.3, 0.4) is 0 Å². The van der Waals surface area contributed by atoms with Crippen molar-refractivity contribution in [2.45, 2.75) is 6.92 Å². The molecule has 0 N–H and O–H groups in total. The minimum atomic E-state index is -0.127. The number of thiophene rings is 1. The summed E-state index contributed by atoms with van der Waals surface area (Å²) in [4.78, 5) is 7.87. The number of halogens is 1. The highest BCUT2D eigenvalue weighted by Crippen LogP contribution is 2.42. The van der Waals surface area contributed by atoms with Crippen LogP contribution in [0.5, 0.6) is 0 Å². The van der Waals surface area contributed by atoms with Crippen molar-refractivity contribution in [3.8, 4) is 0 Å². The second kappa shape index (κ2) is 4.08. The number of thioether (sulfide) groups is 1. The molecule has 0 saturated carbocycles. The Morgan fingerprint density at radius 3 is 3.16 bits per heavy atom. The van der Waals surface area contributed by atoms with E-state index in [-0.39, 0.29) is 5.82 Å². The maximum Gasteiger partial charge on any atom is 0.168 e. The zero-order valence-electron chi connectivity index (χ0n) is 10.3. The van der Waals surface area contributed by atoms with E-state index in [2.05, 4.69) is 22.9 Å². The summed E-state index contributed by atoms with van der Waals surface area (Å²) >= 11 is 3.14. The zero-order chi connectivity index (χ0) is 13.0. The van der Waals surface area contributed by atoms with E-state index in [1.54, 1.807) is 17.8 Å². The number of nitrogens with zero attached hydrogens (tertiary/aromatic N) is 2. The fraction of sp³-hybridized carbons (Fsp3) is 0.214. The first-order valence-corrected chi connectivity index (χ1v) is 7.81. The highest BCUT2D eigenvalue weighted by molar-refractivity contribution is 8.17. The van der Waals surface area contributed by atoms with Gasteiger partial charge in [0.05, 0.1) is 16.9 Å². The summed E-state index contributed by atoms with van der Waals surface area (Å²) in [5.74, 6) is -0.127. The van der Waals surface area contributed by atoms with Crippen molar-refractivity contribution in [2.24, 2.45) is 4.99 Å². The molecule has 1 aromatic carbocycles. The molecule has 1 aromatic heterocycles. The topological polar surface area (TPSA) is 15.6 Å². The molecule has 0 spiro atoms. The zero-order valence-corrected chi connectivity index (χ0v) is 11.9. The van der Waals surface area contributed by atoms with Gasteiger partial charge in [-0.1, -0.05) is 11.8 Å². The van der Waals surface area contributed by atoms with Crippen LogP contribution in [-0.2, 0) is 0 Å². The van der Waals surface area contributed by atoms with Crippen LogP contribution in [0.25, 0.3) is 15.8 Å². The van der Waals surface area contributed by atoms with Crippen molar-refractivity contribution in [2.75, 3.05) is 13.1 Å². The Morgan fingerprint density at radius 1 is 1.37 bits per heavy atom. The lowest BCUT2D eigenvalue weighted by atomic mass is 10.1. The van der Waals surface area contributed by atoms with Crippen LogP contribution < -0.4 is 0 Å². The third-order valence-corrected chi connectivity index (χ3v) is 5.40. The normalized spacial score (nSPS) is 18.4. The van der Waals surface area contributed by atoms with E-state index >= 15 is 0 Å². The van der Waals surface area contributed by atoms with Gasteiger partial charge >= 0.3 is 0 Å². The molecule has 2 nitrogen and oxygen atoms in total. The molecule has 0 atom stereocenters. The molecule has 0 saturated heterocycles. The maximum absolute atomic E-state index is 14.1. The molecule has 2 aromatic rings. The summed E-state index contributed by atoms with van der Waals surface area (Å²) in [6, 6.07) is 5.71. The molecular formula is C14H11FN2S2. The second-order valence-electron chi connectivity index (χ2n) is 4.62. The smallest absolute Gasteiger partial charge is 0.168 e. The summed E-state index contributed by atoms with van der Waals surface area (Å²) in [6.07, 6.45) is 0. The summed E-state index contributed by atoms with van der Waals surface area (Å²) in [6.45, 7) is 3.82. The largest absolute Gasteiger partial charge is 0.318 e. The van der Waals surface area contributed by atoms with Gasteiger partial charge in [0.15, 0.2) is 5.17 Å². The molecule has 0 amide bonds. The lowest BCUT2D eigenvalue weighted by molar-refractivity contribution is 0.633. The van der Waals surface area contributed by atoms with Gasteiger partial charge < -0.3 is 4.90 Å². The molecule has 0 fully saturated rings. The van der Waals surface area contributed by atoms with Crippen LogP contribution in [-0.4, -0.2) is 23.2 Å². The number of fused-ring (bicyclic) bond motifs is 2. The maximum atomic E-state index is 14.1. The molecule has 2 aliphatic rings. The summed E-state index contributed by atoms with van der Waals surface area (Å²) in [5.41, 5.74) is 2.08. The number of aliphatic imine (C=N–C) groups is 1. The van der Waals surface area contributed by atoms with Crippen LogP contribution in [0.2, 0.25) is 0 Å². The number of rotatable bonds is 1. The molecule has 0 aliphatic carbocycles. The first-order chi connectivity index (χ1) is 9.24. The Morgan fingerprint density at radius 2 is 2.26 bits per heavy atom. The lowest BCUT2D eigenvalue weighted by Gasteiger charge is -2.17. The van der Waals surface area contributed by atoms with Crippen molar-refractivity contribution in [1.29, 1.82) is 0 Å². The van der Waals surface area contributed by atoms with Crippen molar-refractivity contribution >= 4 is 44.0 Å². The van der Waals surface area contributed by atoms with Gasteiger partial charge in [-0.15, -0.1) is 11.3 Å². The van der Waals surface area contributed by atoms with E-state index in [0.717, 1.165) is 39.6 Å². The monoisotopic (exact) mass is 290 g/mol. The van der Waals surface area contributed by atoms with Crippen molar-refractivity contribution in [3.63, 3.8) is 0 Å². The van der Waals surface area contributed by atoms with E-state index in [0.29, 0.717) is 0 Å². The van der Waals surface area contributed by atoms with Crippen LogP contribution in [0.4, 0.5) is 4.39 Å². The minimum Gasteiger partial charge on any atom is -0.318 e. The molecule has 96 valence electrons. The third-order valence-electron chi connectivity index (χ3n) is 3.43. The SMILES string of the molecule is CC1=C(c2cc(F)c3sccc3c2)N2CCN=C2S1. The first-order valence-electron chi connectivity index (χ1n) is 6.12.